The van der Waals surface area contributed by atoms with Gasteiger partial charge >= 0.3 is 0 Å². The zero-order valence-electron chi connectivity index (χ0n) is 12.5. The summed E-state index contributed by atoms with van der Waals surface area (Å²) in [6.07, 6.45) is 3.40. The lowest BCUT2D eigenvalue weighted by molar-refractivity contribution is 0.0253. The smallest absolute Gasteiger partial charge is 0.0892 e. The van der Waals surface area contributed by atoms with Crippen LogP contribution in [0.2, 0.25) is 0 Å². The summed E-state index contributed by atoms with van der Waals surface area (Å²) in [5.74, 6) is 1.12. The first kappa shape index (κ1) is 14.7. The van der Waals surface area contributed by atoms with Crippen molar-refractivity contribution in [2.24, 2.45) is 0 Å². The molecular weight excluding hydrogens is 312 g/mol. The van der Waals surface area contributed by atoms with E-state index in [4.69, 9.17) is 4.74 Å². The van der Waals surface area contributed by atoms with Crippen LogP contribution in [0.15, 0.2) is 41.9 Å². The molecule has 0 unspecified atom stereocenters. The lowest BCUT2D eigenvalue weighted by Crippen LogP contribution is -2.58. The number of rotatable bonds is 5. The van der Waals surface area contributed by atoms with E-state index in [0.717, 1.165) is 18.0 Å². The van der Waals surface area contributed by atoms with Crippen molar-refractivity contribution in [1.29, 1.82) is 0 Å². The Bertz CT molecular complexity index is 596. The fourth-order valence-electron chi connectivity index (χ4n) is 3.32. The molecule has 3 nitrogen and oxygen atoms in total. The molecule has 2 fully saturated rings. The second-order valence-electron chi connectivity index (χ2n) is 6.18. The minimum Gasteiger partial charge on any atom is -0.371 e. The van der Waals surface area contributed by atoms with E-state index >= 15 is 0 Å². The first-order valence-electron chi connectivity index (χ1n) is 7.72. The summed E-state index contributed by atoms with van der Waals surface area (Å²) in [7, 11) is 0. The normalized spacial score (nSPS) is 23.7. The summed E-state index contributed by atoms with van der Waals surface area (Å²) >= 11 is 3.97. The van der Waals surface area contributed by atoms with E-state index in [1.807, 2.05) is 35.7 Å². The maximum Gasteiger partial charge on any atom is 0.0892 e. The molecule has 1 atom stereocenters. The molecule has 2 aromatic rings. The Morgan fingerprint density at radius 1 is 1.27 bits per heavy atom. The van der Waals surface area contributed by atoms with Gasteiger partial charge in [0.2, 0.25) is 0 Å². The summed E-state index contributed by atoms with van der Waals surface area (Å²) in [5, 5.41) is 2.16. The molecule has 2 aliphatic rings. The highest BCUT2D eigenvalue weighted by atomic mass is 32.2. The summed E-state index contributed by atoms with van der Waals surface area (Å²) in [6, 6.07) is 10.4. The van der Waals surface area contributed by atoms with Crippen LogP contribution in [0.4, 0.5) is 0 Å². The fourth-order valence-corrected chi connectivity index (χ4v) is 5.67. The summed E-state index contributed by atoms with van der Waals surface area (Å²) < 4.78 is 6.51. The van der Waals surface area contributed by atoms with E-state index in [9.17, 15) is 0 Å². The predicted octanol–water partition coefficient (Wildman–Crippen LogP) is 3.42. The molecule has 2 aliphatic heterocycles. The zero-order valence-corrected chi connectivity index (χ0v) is 14.1. The van der Waals surface area contributed by atoms with Crippen molar-refractivity contribution in [2.45, 2.75) is 30.4 Å². The molecule has 0 aromatic carbocycles. The monoisotopic (exact) mass is 332 g/mol. The molecule has 0 amide bonds. The molecule has 0 radical (unpaired) electrons. The Balaban J connectivity index is 1.23. The summed E-state index contributed by atoms with van der Waals surface area (Å²) in [5.41, 5.74) is 1.03. The van der Waals surface area contributed by atoms with E-state index in [0.29, 0.717) is 17.5 Å². The van der Waals surface area contributed by atoms with Crippen LogP contribution in [0.5, 0.6) is 0 Å². The highest BCUT2D eigenvalue weighted by molar-refractivity contribution is 8.01. The standard InChI is InChI=1S/C17H20N2OS2/c1-2-6-18-14(4-1)10-20-15-8-17(22-11-15)12-19(13-17)9-16-5-3-7-21-16/h1-7,15H,8-13H2/t15-/m1/s1. The number of nitrogens with zero attached hydrogens (tertiary/aromatic N) is 2. The number of hydrogen-bond acceptors (Lipinski definition) is 5. The largest absolute Gasteiger partial charge is 0.371 e. The Labute approximate surface area is 139 Å². The van der Waals surface area contributed by atoms with Gasteiger partial charge < -0.3 is 4.74 Å². The van der Waals surface area contributed by atoms with Crippen LogP contribution in [0, 0.1) is 0 Å². The van der Waals surface area contributed by atoms with E-state index < -0.39 is 0 Å². The van der Waals surface area contributed by atoms with Crippen LogP contribution < -0.4 is 0 Å². The minimum atomic E-state index is 0.385. The van der Waals surface area contributed by atoms with Crippen molar-refractivity contribution < 1.29 is 4.74 Å². The topological polar surface area (TPSA) is 25.4 Å². The highest BCUT2D eigenvalue weighted by Gasteiger charge is 2.49. The number of pyridine rings is 1. The van der Waals surface area contributed by atoms with E-state index in [-0.39, 0.29) is 0 Å². The average molecular weight is 332 g/mol. The Hall–Kier alpha value is -0.880. The predicted molar refractivity (Wildman–Crippen MR) is 92.2 cm³/mol. The van der Waals surface area contributed by atoms with E-state index in [1.165, 1.54) is 24.4 Å². The third kappa shape index (κ3) is 3.23. The molecule has 4 heterocycles. The minimum absolute atomic E-state index is 0.385. The van der Waals surface area contributed by atoms with Crippen molar-refractivity contribution in [3.8, 4) is 0 Å². The molecule has 116 valence electrons. The zero-order chi connectivity index (χ0) is 14.8. The van der Waals surface area contributed by atoms with Gasteiger partial charge in [0.05, 0.1) is 18.4 Å². The highest BCUT2D eigenvalue weighted by Crippen LogP contribution is 2.46. The van der Waals surface area contributed by atoms with Crippen molar-refractivity contribution in [3.05, 3.63) is 52.5 Å². The molecule has 2 saturated heterocycles. The molecule has 0 bridgehead atoms. The molecule has 1 spiro atoms. The van der Waals surface area contributed by atoms with Gasteiger partial charge in [0.1, 0.15) is 0 Å². The molecule has 4 rings (SSSR count). The lowest BCUT2D eigenvalue weighted by Gasteiger charge is -2.47. The maximum absolute atomic E-state index is 6.06. The number of hydrogen-bond donors (Lipinski definition) is 0. The van der Waals surface area contributed by atoms with Crippen LogP contribution in [0.1, 0.15) is 17.0 Å². The van der Waals surface area contributed by atoms with E-state index in [1.54, 1.807) is 0 Å². The number of aromatic nitrogens is 1. The molecule has 0 N–H and O–H groups in total. The van der Waals surface area contributed by atoms with Gasteiger partial charge in [-0.25, -0.2) is 0 Å². The fraction of sp³-hybridized carbons (Fsp3) is 0.471. The Morgan fingerprint density at radius 2 is 2.23 bits per heavy atom. The number of ether oxygens (including phenoxy) is 1. The third-order valence-electron chi connectivity index (χ3n) is 4.35. The van der Waals surface area contributed by atoms with Crippen molar-refractivity contribution in [2.75, 3.05) is 18.8 Å². The van der Waals surface area contributed by atoms with Crippen molar-refractivity contribution in [3.63, 3.8) is 0 Å². The molecule has 2 aromatic heterocycles. The van der Waals surface area contributed by atoms with Crippen LogP contribution in [0.3, 0.4) is 0 Å². The first-order chi connectivity index (χ1) is 10.8. The van der Waals surface area contributed by atoms with Gasteiger partial charge in [0, 0.05) is 41.2 Å². The van der Waals surface area contributed by atoms with Crippen molar-refractivity contribution in [1.82, 2.24) is 9.88 Å². The SMILES string of the molecule is c1ccc(CO[C@H]2CSC3(C2)CN(Cc2cccs2)C3)nc1. The van der Waals surface area contributed by atoms with Gasteiger partial charge in [0.15, 0.2) is 0 Å². The van der Waals surface area contributed by atoms with Gasteiger partial charge in [-0.2, -0.15) is 0 Å². The number of likely N-dealkylation sites (tertiary alicyclic amines) is 1. The lowest BCUT2D eigenvalue weighted by atomic mass is 9.93. The van der Waals surface area contributed by atoms with Crippen molar-refractivity contribution >= 4 is 23.1 Å². The molecule has 0 saturated carbocycles. The van der Waals surface area contributed by atoms with Gasteiger partial charge in [-0.15, -0.1) is 23.1 Å². The molecule has 5 heteroatoms. The molecular formula is C17H20N2OS2. The number of thiophene rings is 1. The first-order valence-corrected chi connectivity index (χ1v) is 9.58. The summed E-state index contributed by atoms with van der Waals surface area (Å²) in [4.78, 5) is 8.35. The van der Waals surface area contributed by atoms with Gasteiger partial charge in [-0.05, 0) is 30.0 Å². The second-order valence-corrected chi connectivity index (χ2v) is 8.70. The van der Waals surface area contributed by atoms with Gasteiger partial charge in [0.25, 0.3) is 0 Å². The maximum atomic E-state index is 6.06. The van der Waals surface area contributed by atoms with Gasteiger partial charge in [-0.3, -0.25) is 9.88 Å². The Morgan fingerprint density at radius 3 is 3.00 bits per heavy atom. The van der Waals surface area contributed by atoms with E-state index in [2.05, 4.69) is 39.2 Å². The van der Waals surface area contributed by atoms with Crippen LogP contribution in [-0.4, -0.2) is 39.6 Å². The third-order valence-corrected chi connectivity index (χ3v) is 6.79. The van der Waals surface area contributed by atoms with Gasteiger partial charge in [-0.1, -0.05) is 12.1 Å². The van der Waals surface area contributed by atoms with Crippen LogP contribution in [0.25, 0.3) is 0 Å². The Kier molecular flexibility index (Phi) is 4.22. The second kappa shape index (κ2) is 6.32. The van der Waals surface area contributed by atoms with Crippen LogP contribution >= 0.6 is 23.1 Å². The summed E-state index contributed by atoms with van der Waals surface area (Å²) in [6.45, 7) is 4.17. The van der Waals surface area contributed by atoms with Crippen LogP contribution in [-0.2, 0) is 17.9 Å². The number of thioether (sulfide) groups is 1. The quantitative estimate of drug-likeness (QED) is 0.838. The molecule has 0 aliphatic carbocycles. The molecule has 22 heavy (non-hydrogen) atoms. The average Bonchev–Trinajstić information content (AvgIpc) is 3.16.